The van der Waals surface area contributed by atoms with E-state index in [0.29, 0.717) is 11.3 Å². The highest BCUT2D eigenvalue weighted by molar-refractivity contribution is 5.33. The van der Waals surface area contributed by atoms with Gasteiger partial charge < -0.3 is 0 Å². The molecule has 1 rings (SSSR count). The second kappa shape index (κ2) is 5.14. The number of nitriles is 1. The molecule has 1 atom stereocenters. The average molecular weight is 243 g/mol. The van der Waals surface area contributed by atoms with E-state index >= 15 is 0 Å². The van der Waals surface area contributed by atoms with Gasteiger partial charge >= 0.3 is 0 Å². The molecule has 0 aromatic heterocycles. The highest BCUT2D eigenvalue weighted by Gasteiger charge is 2.30. The van der Waals surface area contributed by atoms with Gasteiger partial charge in [0, 0.05) is 0 Å². The van der Waals surface area contributed by atoms with E-state index in [9.17, 15) is 0 Å². The molecule has 0 amide bonds. The molecule has 0 saturated heterocycles. The van der Waals surface area contributed by atoms with Crippen LogP contribution in [0.1, 0.15) is 65.0 Å². The molecule has 0 aliphatic carbocycles. The zero-order chi connectivity index (χ0) is 14.0. The van der Waals surface area contributed by atoms with Crippen LogP contribution in [-0.4, -0.2) is 0 Å². The van der Waals surface area contributed by atoms with Crippen LogP contribution in [0.3, 0.4) is 0 Å². The maximum atomic E-state index is 8.86. The summed E-state index contributed by atoms with van der Waals surface area (Å²) in [5, 5.41) is 8.86. The van der Waals surface area contributed by atoms with E-state index in [2.05, 4.69) is 59.7 Å². The van der Waals surface area contributed by atoms with Crippen molar-refractivity contribution in [1.29, 1.82) is 5.26 Å². The van der Waals surface area contributed by atoms with Crippen molar-refractivity contribution in [2.75, 3.05) is 0 Å². The first-order valence-electron chi connectivity index (χ1n) is 6.63. The number of hydrogen-bond donors (Lipinski definition) is 0. The standard InChI is InChI=1S/C17H25N/c1-16(2,3)11-15(17(4,5)6)14-9-7-13(12-18)8-10-14/h7-10,15H,11H2,1-6H3. The fourth-order valence-corrected chi connectivity index (χ4v) is 2.33. The number of nitrogens with zero attached hydrogens (tertiary/aromatic N) is 1. The molecule has 0 spiro atoms. The van der Waals surface area contributed by atoms with Crippen molar-refractivity contribution in [3.8, 4) is 6.07 Å². The largest absolute Gasteiger partial charge is 0.192 e. The lowest BCUT2D eigenvalue weighted by molar-refractivity contribution is 0.229. The molecule has 0 bridgehead atoms. The first-order valence-corrected chi connectivity index (χ1v) is 6.63. The van der Waals surface area contributed by atoms with Crippen LogP contribution in [0.5, 0.6) is 0 Å². The van der Waals surface area contributed by atoms with E-state index in [1.807, 2.05) is 12.1 Å². The normalized spacial score (nSPS) is 14.1. The van der Waals surface area contributed by atoms with Crippen LogP contribution >= 0.6 is 0 Å². The van der Waals surface area contributed by atoms with Crippen molar-refractivity contribution in [2.24, 2.45) is 10.8 Å². The molecule has 0 saturated carbocycles. The Kier molecular flexibility index (Phi) is 4.22. The predicted octanol–water partition coefficient (Wildman–Crippen LogP) is 5.12. The van der Waals surface area contributed by atoms with Gasteiger partial charge in [-0.2, -0.15) is 5.26 Å². The molecule has 1 unspecified atom stereocenters. The van der Waals surface area contributed by atoms with E-state index < -0.39 is 0 Å². The van der Waals surface area contributed by atoms with Gasteiger partial charge in [-0.1, -0.05) is 53.7 Å². The van der Waals surface area contributed by atoms with Gasteiger partial charge in [0.1, 0.15) is 0 Å². The van der Waals surface area contributed by atoms with Gasteiger partial charge in [-0.05, 0) is 40.9 Å². The summed E-state index contributed by atoms with van der Waals surface area (Å²) >= 11 is 0. The lowest BCUT2D eigenvalue weighted by Crippen LogP contribution is -2.23. The summed E-state index contributed by atoms with van der Waals surface area (Å²) < 4.78 is 0. The SMILES string of the molecule is CC(C)(C)CC(c1ccc(C#N)cc1)C(C)(C)C. The van der Waals surface area contributed by atoms with E-state index in [-0.39, 0.29) is 5.41 Å². The van der Waals surface area contributed by atoms with E-state index in [4.69, 9.17) is 5.26 Å². The van der Waals surface area contributed by atoms with E-state index in [1.54, 1.807) is 0 Å². The smallest absolute Gasteiger partial charge is 0.0991 e. The third-order valence-electron chi connectivity index (χ3n) is 3.30. The molecule has 0 fully saturated rings. The van der Waals surface area contributed by atoms with Crippen LogP contribution < -0.4 is 0 Å². The summed E-state index contributed by atoms with van der Waals surface area (Å²) in [7, 11) is 0. The Morgan fingerprint density at radius 1 is 1.00 bits per heavy atom. The summed E-state index contributed by atoms with van der Waals surface area (Å²) in [6, 6.07) is 10.3. The fraction of sp³-hybridized carbons (Fsp3) is 0.588. The second-order valence-corrected chi connectivity index (χ2v) is 7.42. The van der Waals surface area contributed by atoms with Gasteiger partial charge in [0.25, 0.3) is 0 Å². The van der Waals surface area contributed by atoms with Crippen LogP contribution in [0.25, 0.3) is 0 Å². The van der Waals surface area contributed by atoms with Crippen molar-refractivity contribution in [1.82, 2.24) is 0 Å². The molecule has 18 heavy (non-hydrogen) atoms. The monoisotopic (exact) mass is 243 g/mol. The minimum atomic E-state index is 0.238. The first kappa shape index (κ1) is 14.8. The zero-order valence-electron chi connectivity index (χ0n) is 12.5. The van der Waals surface area contributed by atoms with Gasteiger partial charge in [0.05, 0.1) is 11.6 Å². The predicted molar refractivity (Wildman–Crippen MR) is 77.4 cm³/mol. The van der Waals surface area contributed by atoms with Crippen LogP contribution in [0.2, 0.25) is 0 Å². The van der Waals surface area contributed by atoms with Crippen molar-refractivity contribution < 1.29 is 0 Å². The Bertz CT molecular complexity index is 421. The summed E-state index contributed by atoms with van der Waals surface area (Å²) in [5.74, 6) is 0.519. The lowest BCUT2D eigenvalue weighted by Gasteiger charge is -2.36. The minimum absolute atomic E-state index is 0.238. The number of benzene rings is 1. The number of hydrogen-bond acceptors (Lipinski definition) is 1. The van der Waals surface area contributed by atoms with Crippen molar-refractivity contribution >= 4 is 0 Å². The molecule has 98 valence electrons. The molecular weight excluding hydrogens is 218 g/mol. The maximum absolute atomic E-state index is 8.86. The molecule has 0 radical (unpaired) electrons. The number of rotatable bonds is 2. The van der Waals surface area contributed by atoms with Gasteiger partial charge in [0.2, 0.25) is 0 Å². The Hall–Kier alpha value is -1.29. The summed E-state index contributed by atoms with van der Waals surface area (Å²) in [6.07, 6.45) is 1.16. The highest BCUT2D eigenvalue weighted by atomic mass is 14.3. The van der Waals surface area contributed by atoms with Gasteiger partial charge in [0.15, 0.2) is 0 Å². The van der Waals surface area contributed by atoms with Gasteiger partial charge in [-0.3, -0.25) is 0 Å². The Labute approximate surface area is 112 Å². The van der Waals surface area contributed by atoms with Crippen molar-refractivity contribution in [3.05, 3.63) is 35.4 Å². The maximum Gasteiger partial charge on any atom is 0.0991 e. The molecule has 1 nitrogen and oxygen atoms in total. The molecule has 0 N–H and O–H groups in total. The van der Waals surface area contributed by atoms with Crippen molar-refractivity contribution in [2.45, 2.75) is 53.9 Å². The third-order valence-corrected chi connectivity index (χ3v) is 3.30. The summed E-state index contributed by atoms with van der Waals surface area (Å²) in [6.45, 7) is 13.7. The topological polar surface area (TPSA) is 23.8 Å². The van der Waals surface area contributed by atoms with Crippen LogP contribution in [0, 0.1) is 22.2 Å². The molecule has 0 aliphatic rings. The van der Waals surface area contributed by atoms with Crippen LogP contribution in [-0.2, 0) is 0 Å². The molecular formula is C17H25N. The van der Waals surface area contributed by atoms with Crippen molar-refractivity contribution in [3.63, 3.8) is 0 Å². The summed E-state index contributed by atoms with van der Waals surface area (Å²) in [4.78, 5) is 0. The second-order valence-electron chi connectivity index (χ2n) is 7.42. The molecule has 1 aromatic carbocycles. The van der Waals surface area contributed by atoms with Crippen LogP contribution in [0.15, 0.2) is 24.3 Å². The quantitative estimate of drug-likeness (QED) is 0.707. The van der Waals surface area contributed by atoms with Gasteiger partial charge in [-0.25, -0.2) is 0 Å². The minimum Gasteiger partial charge on any atom is -0.192 e. The molecule has 0 heterocycles. The van der Waals surface area contributed by atoms with Crippen LogP contribution in [0.4, 0.5) is 0 Å². The molecule has 1 heteroatoms. The lowest BCUT2D eigenvalue weighted by atomic mass is 9.69. The zero-order valence-corrected chi connectivity index (χ0v) is 12.5. The third kappa shape index (κ3) is 4.18. The Morgan fingerprint density at radius 2 is 1.50 bits per heavy atom. The Balaban J connectivity index is 3.07. The molecule has 0 aliphatic heterocycles. The fourth-order valence-electron chi connectivity index (χ4n) is 2.33. The summed E-state index contributed by atoms with van der Waals surface area (Å²) in [5.41, 5.74) is 2.63. The highest BCUT2D eigenvalue weighted by Crippen LogP contribution is 2.42. The van der Waals surface area contributed by atoms with Gasteiger partial charge in [-0.15, -0.1) is 0 Å². The average Bonchev–Trinajstić information content (AvgIpc) is 2.24. The molecule has 1 aromatic rings. The first-order chi connectivity index (χ1) is 8.13. The Morgan fingerprint density at radius 3 is 1.83 bits per heavy atom. The van der Waals surface area contributed by atoms with E-state index in [0.717, 1.165) is 12.0 Å². The van der Waals surface area contributed by atoms with E-state index in [1.165, 1.54) is 5.56 Å².